The zero-order chi connectivity index (χ0) is 38.9. The lowest BCUT2D eigenvalue weighted by atomic mass is 9.97. The van der Waals surface area contributed by atoms with E-state index in [0.717, 1.165) is 49.7 Å². The van der Waals surface area contributed by atoms with Gasteiger partial charge in [-0.25, -0.2) is 0 Å². The van der Waals surface area contributed by atoms with Crippen molar-refractivity contribution in [1.82, 2.24) is 30.6 Å². The highest BCUT2D eigenvalue weighted by atomic mass is 35.5. The number of nitrogens with two attached hydrogens (primary N) is 2. The minimum atomic E-state index is -0.869. The molecule has 0 saturated carbocycles. The molecule has 1 aliphatic heterocycles. The lowest BCUT2D eigenvalue weighted by Crippen LogP contribution is -2.56. The number of benzene rings is 3. The Hall–Kier alpha value is -4.46. The van der Waals surface area contributed by atoms with Gasteiger partial charge in [-0.1, -0.05) is 71.9 Å². The van der Waals surface area contributed by atoms with Crippen LogP contribution in [-0.2, 0) is 40.9 Å². The third kappa shape index (κ3) is 9.86. The Morgan fingerprint density at radius 2 is 1.60 bits per heavy atom. The summed E-state index contributed by atoms with van der Waals surface area (Å²) in [5.41, 5.74) is 18.4. The molecular weight excluding hydrogens is 732 g/mol. The smallest absolute Gasteiger partial charge is 0.245 e. The van der Waals surface area contributed by atoms with E-state index in [9.17, 15) is 14.4 Å². The van der Waals surface area contributed by atoms with Gasteiger partial charge in [-0.15, -0.1) is 0 Å². The fourth-order valence-electron chi connectivity index (χ4n) is 7.24. The van der Waals surface area contributed by atoms with E-state index in [2.05, 4.69) is 39.3 Å². The summed E-state index contributed by atoms with van der Waals surface area (Å²) < 4.78 is 1.74. The number of amides is 3. The van der Waals surface area contributed by atoms with E-state index in [0.29, 0.717) is 63.2 Å². The number of fused-ring (bicyclic) bond motifs is 3. The van der Waals surface area contributed by atoms with Gasteiger partial charge in [0.05, 0.1) is 16.8 Å². The molecule has 3 aromatic carbocycles. The maximum Gasteiger partial charge on any atom is 0.245 e. The van der Waals surface area contributed by atoms with Crippen LogP contribution in [0.5, 0.6) is 0 Å². The molecule has 2 aliphatic rings. The Morgan fingerprint density at radius 1 is 0.855 bits per heavy atom. The molecular formula is C42H51ClN8O3S. The first-order valence-electron chi connectivity index (χ1n) is 19.0. The van der Waals surface area contributed by atoms with Gasteiger partial charge in [-0.2, -0.15) is 5.10 Å². The second-order valence-electron chi connectivity index (χ2n) is 14.2. The number of rotatable bonds is 10. The number of halogens is 1. The van der Waals surface area contributed by atoms with E-state index in [1.807, 2.05) is 67.8 Å². The standard InChI is InChI=1S/C42H51ClN8O3S/c1-50-21-18-34(49-50)30-22-31-26-47-41(53)37(24-28-17-16-27-10-3-5-12-32(27)28)51(2)42(54)36(13-7-8-19-44)48-40(52)35(14-9-20-45)46-25-29-11-4-6-15-38(29)55-39(31)33(43)23-30/h3-6,10-12,15,17-18,21-23,35-37,46H,7-9,13-14,16,19-20,24-26,44-45H2,1-2H3,(H,47,53)(H,48,52)/t35-,36-,37-/m0/s1. The topological polar surface area (TPSA) is 160 Å². The molecule has 290 valence electrons. The molecule has 0 unspecified atom stereocenters. The lowest BCUT2D eigenvalue weighted by Gasteiger charge is -2.32. The van der Waals surface area contributed by atoms with Crippen molar-refractivity contribution in [3.05, 3.63) is 106 Å². The van der Waals surface area contributed by atoms with Gasteiger partial charge in [0.25, 0.3) is 0 Å². The summed E-state index contributed by atoms with van der Waals surface area (Å²) in [5, 5.41) is 14.9. The molecule has 11 nitrogen and oxygen atoms in total. The van der Waals surface area contributed by atoms with Gasteiger partial charge < -0.3 is 32.3 Å². The number of aromatic nitrogens is 2. The quantitative estimate of drug-likeness (QED) is 0.138. The van der Waals surface area contributed by atoms with Crippen molar-refractivity contribution < 1.29 is 14.4 Å². The zero-order valence-electron chi connectivity index (χ0n) is 31.5. The van der Waals surface area contributed by atoms with Crippen molar-refractivity contribution in [3.63, 3.8) is 0 Å². The molecule has 3 atom stereocenters. The van der Waals surface area contributed by atoms with Crippen LogP contribution in [-0.4, -0.2) is 70.7 Å². The van der Waals surface area contributed by atoms with Gasteiger partial charge in [0.1, 0.15) is 12.1 Å². The molecule has 6 rings (SSSR count). The molecule has 1 aliphatic carbocycles. The minimum absolute atomic E-state index is 0.161. The van der Waals surface area contributed by atoms with Crippen molar-refractivity contribution in [1.29, 1.82) is 0 Å². The molecule has 2 heterocycles. The number of nitrogens with one attached hydrogen (secondary N) is 3. The summed E-state index contributed by atoms with van der Waals surface area (Å²) in [6.45, 7) is 1.44. The normalized spacial score (nSPS) is 19.5. The fourth-order valence-corrected chi connectivity index (χ4v) is 8.65. The molecule has 0 bridgehead atoms. The first kappa shape index (κ1) is 40.2. The maximum absolute atomic E-state index is 14.6. The Balaban J connectivity index is 1.43. The SMILES string of the molecule is CN1C(=O)[C@H](CCCCN)NC(=O)[C@H](CCCN)NCc2ccccc2Sc2c(Cl)cc(-c3ccn(C)n3)cc2CNC(=O)[C@@H]1CC1=CCc2ccccc21. The molecule has 55 heavy (non-hydrogen) atoms. The predicted molar refractivity (Wildman–Crippen MR) is 219 cm³/mol. The van der Waals surface area contributed by atoms with Gasteiger partial charge in [-0.05, 0) is 104 Å². The van der Waals surface area contributed by atoms with Crippen LogP contribution < -0.4 is 27.4 Å². The highest BCUT2D eigenvalue weighted by Gasteiger charge is 2.35. The van der Waals surface area contributed by atoms with Crippen LogP contribution in [0.15, 0.2) is 88.8 Å². The van der Waals surface area contributed by atoms with Crippen molar-refractivity contribution in [2.75, 3.05) is 20.1 Å². The van der Waals surface area contributed by atoms with Crippen molar-refractivity contribution in [3.8, 4) is 11.3 Å². The average molecular weight is 783 g/mol. The summed E-state index contributed by atoms with van der Waals surface area (Å²) in [6, 6.07) is 19.6. The van der Waals surface area contributed by atoms with Crippen LogP contribution in [0.4, 0.5) is 0 Å². The molecule has 0 spiro atoms. The fraction of sp³-hybridized carbons (Fsp3) is 0.381. The Labute approximate surface area is 332 Å². The number of unbranched alkanes of at least 4 members (excludes halogenated alkanes) is 1. The van der Waals surface area contributed by atoms with Gasteiger partial charge in [0.2, 0.25) is 17.7 Å². The Morgan fingerprint density at radius 3 is 2.36 bits per heavy atom. The van der Waals surface area contributed by atoms with Crippen LogP contribution in [0.2, 0.25) is 5.02 Å². The largest absolute Gasteiger partial charge is 0.350 e. The molecule has 4 aromatic rings. The molecule has 0 fully saturated rings. The van der Waals surface area contributed by atoms with E-state index >= 15 is 0 Å². The molecule has 0 radical (unpaired) electrons. The number of allylic oxidation sites excluding steroid dienone is 1. The van der Waals surface area contributed by atoms with Crippen LogP contribution in [0.3, 0.4) is 0 Å². The predicted octanol–water partition coefficient (Wildman–Crippen LogP) is 5.19. The van der Waals surface area contributed by atoms with Gasteiger partial charge in [-0.3, -0.25) is 19.1 Å². The van der Waals surface area contributed by atoms with E-state index in [4.69, 9.17) is 23.1 Å². The Bertz CT molecular complexity index is 2030. The summed E-state index contributed by atoms with van der Waals surface area (Å²) in [6.07, 6.45) is 7.90. The second-order valence-corrected chi connectivity index (χ2v) is 15.7. The molecule has 0 saturated heterocycles. The van der Waals surface area contributed by atoms with Crippen molar-refractivity contribution in [2.24, 2.45) is 18.5 Å². The zero-order valence-corrected chi connectivity index (χ0v) is 33.1. The minimum Gasteiger partial charge on any atom is -0.350 e. The molecule has 13 heteroatoms. The number of carbonyl (C=O) groups excluding carboxylic acids is 3. The number of hydrogen-bond donors (Lipinski definition) is 5. The van der Waals surface area contributed by atoms with Gasteiger partial charge in [0, 0.05) is 55.2 Å². The van der Waals surface area contributed by atoms with E-state index < -0.39 is 18.1 Å². The highest BCUT2D eigenvalue weighted by Crippen LogP contribution is 2.40. The van der Waals surface area contributed by atoms with Crippen LogP contribution in [0.1, 0.15) is 60.8 Å². The first-order chi connectivity index (χ1) is 26.7. The maximum atomic E-state index is 14.6. The molecule has 7 N–H and O–H groups in total. The van der Waals surface area contributed by atoms with Crippen LogP contribution in [0.25, 0.3) is 16.8 Å². The summed E-state index contributed by atoms with van der Waals surface area (Å²) >= 11 is 8.63. The average Bonchev–Trinajstić information content (AvgIpc) is 3.82. The highest BCUT2D eigenvalue weighted by molar-refractivity contribution is 7.99. The number of hydrogen-bond acceptors (Lipinski definition) is 8. The van der Waals surface area contributed by atoms with E-state index in [-0.39, 0.29) is 24.3 Å². The van der Waals surface area contributed by atoms with E-state index in [1.165, 1.54) is 22.2 Å². The number of aryl methyl sites for hydroxylation is 1. The third-order valence-electron chi connectivity index (χ3n) is 10.3. The second kappa shape index (κ2) is 18.9. The van der Waals surface area contributed by atoms with Gasteiger partial charge >= 0.3 is 0 Å². The first-order valence-corrected chi connectivity index (χ1v) is 20.2. The molecule has 3 amide bonds. The van der Waals surface area contributed by atoms with Crippen molar-refractivity contribution in [2.45, 2.75) is 86.0 Å². The monoisotopic (exact) mass is 782 g/mol. The number of likely N-dealkylation sites (N-methyl/N-ethyl adjacent to an activating group) is 1. The van der Waals surface area contributed by atoms with E-state index in [1.54, 1.807) is 11.7 Å². The number of nitrogens with zero attached hydrogens (tertiary/aromatic N) is 3. The van der Waals surface area contributed by atoms with Gasteiger partial charge in [0.15, 0.2) is 0 Å². The summed E-state index contributed by atoms with van der Waals surface area (Å²) in [7, 11) is 3.52. The third-order valence-corrected chi connectivity index (χ3v) is 12.1. The Kier molecular flexibility index (Phi) is 13.8. The summed E-state index contributed by atoms with van der Waals surface area (Å²) in [4.78, 5) is 46.4. The van der Waals surface area contributed by atoms with Crippen LogP contribution >= 0.6 is 23.4 Å². The van der Waals surface area contributed by atoms with Crippen LogP contribution in [0, 0.1) is 0 Å². The summed E-state index contributed by atoms with van der Waals surface area (Å²) in [5.74, 6) is -0.928. The number of carbonyl (C=O) groups is 3. The lowest BCUT2D eigenvalue weighted by molar-refractivity contribution is -0.142. The van der Waals surface area contributed by atoms with Crippen molar-refractivity contribution >= 4 is 46.7 Å². The molecule has 1 aromatic heterocycles.